The second-order valence-electron chi connectivity index (χ2n) is 5.17. The van der Waals surface area contributed by atoms with Gasteiger partial charge in [0.05, 0.1) is 19.0 Å². The molecule has 0 fully saturated rings. The summed E-state index contributed by atoms with van der Waals surface area (Å²) in [5.41, 5.74) is 1.14. The number of aromatic nitrogens is 1. The first-order valence-electron chi connectivity index (χ1n) is 7.35. The molecule has 0 radical (unpaired) electrons. The van der Waals surface area contributed by atoms with Crippen molar-refractivity contribution in [3.8, 4) is 22.9 Å². The Labute approximate surface area is 138 Å². The van der Waals surface area contributed by atoms with Crippen molar-refractivity contribution >= 4 is 17.1 Å². The summed E-state index contributed by atoms with van der Waals surface area (Å²) >= 11 is 0. The molecule has 5 heteroatoms. The second-order valence-corrected chi connectivity index (χ2v) is 5.17. The highest BCUT2D eigenvalue weighted by Crippen LogP contribution is 2.36. The molecule has 24 heavy (non-hydrogen) atoms. The van der Waals surface area contributed by atoms with E-state index in [9.17, 15) is 14.9 Å². The van der Waals surface area contributed by atoms with E-state index in [1.807, 2.05) is 30.3 Å². The molecule has 3 rings (SSSR count). The van der Waals surface area contributed by atoms with Crippen LogP contribution in [0.3, 0.4) is 0 Å². The minimum atomic E-state index is -0.382. The van der Waals surface area contributed by atoms with Crippen molar-refractivity contribution in [2.45, 2.75) is 6.54 Å². The number of pyridine rings is 1. The Bertz CT molecular complexity index is 1010. The van der Waals surface area contributed by atoms with Crippen molar-refractivity contribution in [2.24, 2.45) is 0 Å². The molecule has 0 spiro atoms. The van der Waals surface area contributed by atoms with Gasteiger partial charge in [0.25, 0.3) is 5.56 Å². The highest BCUT2D eigenvalue weighted by molar-refractivity contribution is 6.02. The third kappa shape index (κ3) is 2.34. The predicted molar refractivity (Wildman–Crippen MR) is 91.0 cm³/mol. The number of hydrogen-bond acceptors (Lipinski definition) is 4. The van der Waals surface area contributed by atoms with Gasteiger partial charge in [0.15, 0.2) is 0 Å². The Morgan fingerprint density at radius 3 is 2.54 bits per heavy atom. The monoisotopic (exact) mass is 318 g/mol. The maximum Gasteiger partial charge on any atom is 0.260 e. The van der Waals surface area contributed by atoms with Crippen LogP contribution in [0.4, 0.5) is 0 Å². The molecule has 0 aliphatic heterocycles. The van der Waals surface area contributed by atoms with Crippen LogP contribution in [-0.2, 0) is 11.3 Å². The quantitative estimate of drug-likeness (QED) is 0.693. The zero-order valence-corrected chi connectivity index (χ0v) is 13.0. The fraction of sp³-hybridized carbons (Fsp3) is 0.105. The number of hydrogen-bond donors (Lipinski definition) is 0. The lowest BCUT2D eigenvalue weighted by Gasteiger charge is -2.16. The number of benzene rings is 2. The number of methoxy groups -OCH3 is 1. The molecule has 0 aliphatic rings. The van der Waals surface area contributed by atoms with Crippen LogP contribution in [0.2, 0.25) is 0 Å². The summed E-state index contributed by atoms with van der Waals surface area (Å²) in [7, 11) is 1.52. The third-order valence-corrected chi connectivity index (χ3v) is 3.90. The van der Waals surface area contributed by atoms with Gasteiger partial charge in [-0.1, -0.05) is 36.4 Å². The number of fused-ring (bicyclic) bond motifs is 1. The summed E-state index contributed by atoms with van der Waals surface area (Å²) in [5.74, 6) is 0.512. The molecule has 0 N–H and O–H groups in total. The number of aldehydes is 1. The fourth-order valence-corrected chi connectivity index (χ4v) is 2.89. The number of rotatable bonds is 4. The first kappa shape index (κ1) is 15.5. The van der Waals surface area contributed by atoms with E-state index >= 15 is 0 Å². The highest BCUT2D eigenvalue weighted by Gasteiger charge is 2.20. The van der Waals surface area contributed by atoms with Crippen molar-refractivity contribution in [1.82, 2.24) is 4.57 Å². The molecule has 0 atom stereocenters. The summed E-state index contributed by atoms with van der Waals surface area (Å²) in [5, 5.41) is 10.7. The lowest BCUT2D eigenvalue weighted by Crippen LogP contribution is -2.24. The number of nitriles is 1. The Balaban J connectivity index is 2.60. The van der Waals surface area contributed by atoms with Crippen molar-refractivity contribution in [3.63, 3.8) is 0 Å². The van der Waals surface area contributed by atoms with Crippen molar-refractivity contribution in [1.29, 1.82) is 5.26 Å². The number of ether oxygens (including phenoxy) is 1. The van der Waals surface area contributed by atoms with E-state index in [2.05, 4.69) is 6.07 Å². The molecule has 0 aliphatic carbocycles. The van der Waals surface area contributed by atoms with Gasteiger partial charge < -0.3 is 9.53 Å². The first-order valence-corrected chi connectivity index (χ1v) is 7.35. The summed E-state index contributed by atoms with van der Waals surface area (Å²) in [6, 6.07) is 16.5. The van der Waals surface area contributed by atoms with Gasteiger partial charge in [-0.15, -0.1) is 0 Å². The molecule has 0 bridgehead atoms. The van der Waals surface area contributed by atoms with Gasteiger partial charge in [0, 0.05) is 10.9 Å². The van der Waals surface area contributed by atoms with Gasteiger partial charge in [-0.3, -0.25) is 9.36 Å². The Hall–Kier alpha value is -3.39. The average Bonchev–Trinajstić information content (AvgIpc) is 2.64. The SMILES string of the molecule is COc1cccc2c(=O)n(CC=O)c(C#N)c(-c3ccccc3)c12. The van der Waals surface area contributed by atoms with E-state index in [4.69, 9.17) is 4.74 Å². The van der Waals surface area contributed by atoms with Gasteiger partial charge in [0.1, 0.15) is 23.8 Å². The van der Waals surface area contributed by atoms with Crippen molar-refractivity contribution < 1.29 is 9.53 Å². The van der Waals surface area contributed by atoms with Gasteiger partial charge in [-0.25, -0.2) is 0 Å². The predicted octanol–water partition coefficient (Wildman–Crippen LogP) is 2.75. The van der Waals surface area contributed by atoms with Crippen LogP contribution < -0.4 is 10.3 Å². The smallest absolute Gasteiger partial charge is 0.260 e. The van der Waals surface area contributed by atoms with E-state index in [0.717, 1.165) is 5.56 Å². The second kappa shape index (κ2) is 6.39. The summed E-state index contributed by atoms with van der Waals surface area (Å²) in [6.07, 6.45) is 0.614. The molecule has 0 amide bonds. The molecular formula is C19H14N2O3. The third-order valence-electron chi connectivity index (χ3n) is 3.90. The maximum absolute atomic E-state index is 12.7. The Morgan fingerprint density at radius 1 is 1.17 bits per heavy atom. The molecule has 2 aromatic carbocycles. The van der Waals surface area contributed by atoms with E-state index in [-0.39, 0.29) is 17.8 Å². The Kier molecular flexibility index (Phi) is 4.13. The summed E-state index contributed by atoms with van der Waals surface area (Å²) < 4.78 is 6.62. The van der Waals surface area contributed by atoms with Crippen LogP contribution >= 0.6 is 0 Å². The molecule has 1 aromatic heterocycles. The van der Waals surface area contributed by atoms with Crippen LogP contribution in [0.25, 0.3) is 21.9 Å². The van der Waals surface area contributed by atoms with Crippen LogP contribution in [0.1, 0.15) is 5.69 Å². The number of carbonyl (C=O) groups excluding carboxylic acids is 1. The zero-order chi connectivity index (χ0) is 17.1. The fourth-order valence-electron chi connectivity index (χ4n) is 2.89. The van der Waals surface area contributed by atoms with Gasteiger partial charge >= 0.3 is 0 Å². The minimum Gasteiger partial charge on any atom is -0.496 e. The topological polar surface area (TPSA) is 72.1 Å². The lowest BCUT2D eigenvalue weighted by molar-refractivity contribution is -0.108. The largest absolute Gasteiger partial charge is 0.496 e. The van der Waals surface area contributed by atoms with Crippen LogP contribution in [-0.4, -0.2) is 18.0 Å². The van der Waals surface area contributed by atoms with E-state index in [1.54, 1.807) is 18.2 Å². The van der Waals surface area contributed by atoms with Crippen LogP contribution in [0.5, 0.6) is 5.75 Å². The summed E-state index contributed by atoms with van der Waals surface area (Å²) in [4.78, 5) is 23.8. The van der Waals surface area contributed by atoms with Crippen LogP contribution in [0.15, 0.2) is 53.3 Å². The molecule has 0 saturated carbocycles. The van der Waals surface area contributed by atoms with Gasteiger partial charge in [-0.05, 0) is 17.7 Å². The molecule has 0 unspecified atom stereocenters. The van der Waals surface area contributed by atoms with E-state index < -0.39 is 0 Å². The first-order chi connectivity index (χ1) is 11.7. The number of carbonyl (C=O) groups is 1. The minimum absolute atomic E-state index is 0.148. The van der Waals surface area contributed by atoms with Crippen LogP contribution in [0, 0.1) is 11.3 Å². The zero-order valence-electron chi connectivity index (χ0n) is 13.0. The standard InChI is InChI=1S/C19H14N2O3/c1-24-16-9-5-8-14-18(16)17(13-6-3-2-4-7-13)15(12-20)21(10-11-22)19(14)23/h2-9,11H,10H2,1H3. The maximum atomic E-state index is 12.7. The number of nitrogens with zero attached hydrogens (tertiary/aromatic N) is 2. The molecule has 1 heterocycles. The van der Waals surface area contributed by atoms with E-state index in [0.29, 0.717) is 28.4 Å². The Morgan fingerprint density at radius 2 is 1.92 bits per heavy atom. The highest BCUT2D eigenvalue weighted by atomic mass is 16.5. The average molecular weight is 318 g/mol. The normalized spacial score (nSPS) is 10.3. The molecule has 5 nitrogen and oxygen atoms in total. The van der Waals surface area contributed by atoms with Crippen molar-refractivity contribution in [2.75, 3.05) is 7.11 Å². The van der Waals surface area contributed by atoms with E-state index in [1.165, 1.54) is 11.7 Å². The lowest BCUT2D eigenvalue weighted by atomic mass is 9.96. The molecule has 3 aromatic rings. The molecule has 0 saturated heterocycles. The van der Waals surface area contributed by atoms with Gasteiger partial charge in [0.2, 0.25) is 0 Å². The molecular weight excluding hydrogens is 304 g/mol. The van der Waals surface area contributed by atoms with Crippen molar-refractivity contribution in [3.05, 3.63) is 64.6 Å². The summed E-state index contributed by atoms with van der Waals surface area (Å²) in [6.45, 7) is -0.172. The van der Waals surface area contributed by atoms with Gasteiger partial charge in [-0.2, -0.15) is 5.26 Å². The molecule has 118 valence electrons.